The van der Waals surface area contributed by atoms with E-state index in [9.17, 15) is 4.79 Å². The molecule has 2 heterocycles. The third kappa shape index (κ3) is 3.16. The Balaban J connectivity index is 1.41. The summed E-state index contributed by atoms with van der Waals surface area (Å²) in [6.45, 7) is 0. The molecule has 5 heteroatoms. The fourth-order valence-electron chi connectivity index (χ4n) is 4.83. The molecule has 0 bridgehead atoms. The van der Waals surface area contributed by atoms with Crippen molar-refractivity contribution in [3.05, 3.63) is 35.9 Å². The zero-order chi connectivity index (χ0) is 17.4. The van der Waals surface area contributed by atoms with Crippen molar-refractivity contribution >= 4 is 11.5 Å². The van der Waals surface area contributed by atoms with Crippen LogP contribution in [0.2, 0.25) is 0 Å². The smallest absolute Gasteiger partial charge is 0.217 e. The fourth-order valence-corrected chi connectivity index (χ4v) is 4.83. The molecule has 1 amide bonds. The van der Waals surface area contributed by atoms with Crippen LogP contribution in [0.4, 0.5) is 4.39 Å². The molecule has 4 rings (SSSR count). The van der Waals surface area contributed by atoms with Gasteiger partial charge in [-0.1, -0.05) is 12.2 Å². The van der Waals surface area contributed by atoms with E-state index in [4.69, 9.17) is 5.73 Å². The van der Waals surface area contributed by atoms with E-state index in [1.807, 2.05) is 12.5 Å². The molecular weight excluding hydrogens is 317 g/mol. The van der Waals surface area contributed by atoms with Crippen molar-refractivity contribution < 1.29 is 9.18 Å². The van der Waals surface area contributed by atoms with E-state index in [-0.39, 0.29) is 17.9 Å². The number of alkyl halides is 1. The Morgan fingerprint density at radius 1 is 1.40 bits per heavy atom. The third-order valence-electron chi connectivity index (χ3n) is 6.23. The van der Waals surface area contributed by atoms with Gasteiger partial charge in [0.25, 0.3) is 0 Å². The molecule has 0 aromatic carbocycles. The van der Waals surface area contributed by atoms with Gasteiger partial charge >= 0.3 is 0 Å². The average molecular weight is 343 g/mol. The summed E-state index contributed by atoms with van der Waals surface area (Å²) in [6, 6.07) is 0.222. The van der Waals surface area contributed by atoms with E-state index in [1.54, 1.807) is 0 Å². The van der Waals surface area contributed by atoms with Crippen LogP contribution in [0, 0.1) is 5.92 Å². The van der Waals surface area contributed by atoms with E-state index in [0.717, 1.165) is 32.1 Å². The van der Waals surface area contributed by atoms with Crippen molar-refractivity contribution in [3.8, 4) is 0 Å². The first-order valence-corrected chi connectivity index (χ1v) is 9.45. The van der Waals surface area contributed by atoms with Gasteiger partial charge < -0.3 is 10.3 Å². The number of halogens is 1. The summed E-state index contributed by atoms with van der Waals surface area (Å²) in [5.74, 6) is 0.00204. The maximum atomic E-state index is 15.3. The first-order chi connectivity index (χ1) is 12.1. The number of hydrogen-bond donors (Lipinski definition) is 1. The number of primary amides is 1. The molecule has 0 saturated heterocycles. The second kappa shape index (κ2) is 6.43. The minimum absolute atomic E-state index is 0.222. The monoisotopic (exact) mass is 343 g/mol. The van der Waals surface area contributed by atoms with Gasteiger partial charge in [-0.2, -0.15) is 0 Å². The highest BCUT2D eigenvalue weighted by atomic mass is 19.1. The van der Waals surface area contributed by atoms with Gasteiger partial charge in [0.1, 0.15) is 5.67 Å². The number of carbonyl (C=O) groups excluding carboxylic acids is 1. The van der Waals surface area contributed by atoms with Gasteiger partial charge in [-0.15, -0.1) is 0 Å². The number of allylic oxidation sites excluding steroid dienone is 4. The predicted molar refractivity (Wildman–Crippen MR) is 95.4 cm³/mol. The number of amides is 1. The van der Waals surface area contributed by atoms with Gasteiger partial charge in [-0.25, -0.2) is 9.37 Å². The number of nitrogens with zero attached hydrogens (tertiary/aromatic N) is 2. The predicted octanol–water partition coefficient (Wildman–Crippen LogP) is 4.10. The molecule has 2 aliphatic carbocycles. The highest BCUT2D eigenvalue weighted by Gasteiger charge is 2.38. The molecule has 0 spiro atoms. The Hall–Kier alpha value is -1.91. The minimum atomic E-state index is -1.10. The molecule has 1 aromatic rings. The molecule has 1 aliphatic heterocycles. The van der Waals surface area contributed by atoms with Crippen molar-refractivity contribution in [1.82, 2.24) is 9.55 Å². The summed E-state index contributed by atoms with van der Waals surface area (Å²) < 4.78 is 17.5. The standard InChI is InChI=1S/C20H26FN3O/c21-20(8-5-14(6-9-20)11-19(22)25)10-7-17-15-3-1-2-4-16(15)18-12-23-13-24(17)18/h1,3,12-14,17H,2,4-11H2,(H2,22,25). The summed E-state index contributed by atoms with van der Waals surface area (Å²) >= 11 is 0. The van der Waals surface area contributed by atoms with E-state index in [2.05, 4.69) is 21.7 Å². The quantitative estimate of drug-likeness (QED) is 0.875. The number of rotatable bonds is 5. The second-order valence-electron chi connectivity index (χ2n) is 7.88. The Labute approximate surface area is 148 Å². The van der Waals surface area contributed by atoms with Crippen LogP contribution in [-0.2, 0) is 4.79 Å². The molecule has 1 fully saturated rings. The van der Waals surface area contributed by atoms with Gasteiger partial charge in [0.2, 0.25) is 5.91 Å². The van der Waals surface area contributed by atoms with E-state index >= 15 is 4.39 Å². The fraction of sp³-hybridized carbons (Fsp3) is 0.600. The normalized spacial score (nSPS) is 31.1. The Kier molecular flexibility index (Phi) is 4.26. The molecule has 0 radical (unpaired) electrons. The lowest BCUT2D eigenvalue weighted by Gasteiger charge is -2.34. The molecular formula is C20H26FN3O. The Morgan fingerprint density at radius 2 is 2.20 bits per heavy atom. The largest absolute Gasteiger partial charge is 0.370 e. The SMILES string of the molecule is NC(=O)CC1CCC(F)(CCC2C3=C(CCC=C3)c3cncn32)CC1. The molecule has 1 unspecified atom stereocenters. The topological polar surface area (TPSA) is 60.9 Å². The number of hydrogen-bond acceptors (Lipinski definition) is 2. The molecule has 134 valence electrons. The summed E-state index contributed by atoms with van der Waals surface area (Å²) in [4.78, 5) is 15.4. The van der Waals surface area contributed by atoms with Crippen LogP contribution in [0.3, 0.4) is 0 Å². The highest BCUT2D eigenvalue weighted by Crippen LogP contribution is 2.46. The van der Waals surface area contributed by atoms with Crippen LogP contribution < -0.4 is 5.73 Å². The van der Waals surface area contributed by atoms with Gasteiger partial charge in [0, 0.05) is 6.42 Å². The summed E-state index contributed by atoms with van der Waals surface area (Å²) in [5.41, 5.74) is 8.13. The molecule has 25 heavy (non-hydrogen) atoms. The first-order valence-electron chi connectivity index (χ1n) is 9.45. The van der Waals surface area contributed by atoms with Gasteiger partial charge in [0.05, 0.1) is 24.3 Å². The van der Waals surface area contributed by atoms with Crippen molar-refractivity contribution in [1.29, 1.82) is 0 Å². The number of nitrogens with two attached hydrogens (primary N) is 1. The molecule has 1 atom stereocenters. The molecule has 4 nitrogen and oxygen atoms in total. The summed E-state index contributed by atoms with van der Waals surface area (Å²) in [6.07, 6.45) is 14.8. The van der Waals surface area contributed by atoms with E-state index in [0.29, 0.717) is 25.7 Å². The average Bonchev–Trinajstić information content (AvgIpc) is 3.16. The molecule has 2 N–H and O–H groups in total. The maximum absolute atomic E-state index is 15.3. The summed E-state index contributed by atoms with van der Waals surface area (Å²) in [5, 5.41) is 0. The Bertz CT molecular complexity index is 725. The van der Waals surface area contributed by atoms with Crippen LogP contribution in [0.15, 0.2) is 30.2 Å². The molecule has 1 aromatic heterocycles. The minimum Gasteiger partial charge on any atom is -0.370 e. The van der Waals surface area contributed by atoms with E-state index < -0.39 is 5.67 Å². The van der Waals surface area contributed by atoms with Crippen molar-refractivity contribution in [3.63, 3.8) is 0 Å². The van der Waals surface area contributed by atoms with Crippen LogP contribution in [0.1, 0.15) is 69.5 Å². The number of fused-ring (bicyclic) bond motifs is 2. The third-order valence-corrected chi connectivity index (χ3v) is 6.23. The Morgan fingerprint density at radius 3 is 2.96 bits per heavy atom. The van der Waals surface area contributed by atoms with Crippen molar-refractivity contribution in [2.45, 2.75) is 69.5 Å². The van der Waals surface area contributed by atoms with Gasteiger partial charge in [0.15, 0.2) is 0 Å². The van der Waals surface area contributed by atoms with Gasteiger partial charge in [-0.05, 0) is 68.4 Å². The van der Waals surface area contributed by atoms with Crippen LogP contribution in [-0.4, -0.2) is 21.1 Å². The zero-order valence-electron chi connectivity index (χ0n) is 14.6. The molecule has 3 aliphatic rings. The molecule has 1 saturated carbocycles. The maximum Gasteiger partial charge on any atom is 0.217 e. The summed E-state index contributed by atoms with van der Waals surface area (Å²) in [7, 11) is 0. The van der Waals surface area contributed by atoms with Crippen molar-refractivity contribution in [2.24, 2.45) is 11.7 Å². The first kappa shape index (κ1) is 16.6. The lowest BCUT2D eigenvalue weighted by molar-refractivity contribution is -0.119. The van der Waals surface area contributed by atoms with Gasteiger partial charge in [-0.3, -0.25) is 4.79 Å². The van der Waals surface area contributed by atoms with Crippen molar-refractivity contribution in [2.75, 3.05) is 0 Å². The number of carbonyl (C=O) groups is 1. The van der Waals surface area contributed by atoms with Crippen LogP contribution >= 0.6 is 0 Å². The lowest BCUT2D eigenvalue weighted by atomic mass is 9.76. The highest BCUT2D eigenvalue weighted by molar-refractivity contribution is 5.74. The van der Waals surface area contributed by atoms with Crippen LogP contribution in [0.5, 0.6) is 0 Å². The second-order valence-corrected chi connectivity index (χ2v) is 7.88. The zero-order valence-corrected chi connectivity index (χ0v) is 14.6. The van der Waals surface area contributed by atoms with Crippen LogP contribution in [0.25, 0.3) is 5.57 Å². The number of aromatic nitrogens is 2. The van der Waals surface area contributed by atoms with E-state index in [1.165, 1.54) is 16.8 Å². The lowest BCUT2D eigenvalue weighted by Crippen LogP contribution is -2.32. The number of imidazole rings is 1.